The molecule has 0 aliphatic rings. The Morgan fingerprint density at radius 1 is 1.26 bits per heavy atom. The molecule has 122 valence electrons. The second-order valence-electron chi connectivity index (χ2n) is 6.12. The number of nitrogens with zero attached hydrogens (tertiary/aromatic N) is 2. The molecule has 0 atom stereocenters. The Bertz CT molecular complexity index is 702. The van der Waals surface area contributed by atoms with Crippen LogP contribution in [0.25, 0.3) is 0 Å². The lowest BCUT2D eigenvalue weighted by molar-refractivity contribution is 0.0690. The summed E-state index contributed by atoms with van der Waals surface area (Å²) >= 11 is 1.27. The van der Waals surface area contributed by atoms with Gasteiger partial charge < -0.3 is 10.4 Å². The molecular weight excluding hydrogens is 314 g/mol. The van der Waals surface area contributed by atoms with Crippen LogP contribution in [0.2, 0.25) is 0 Å². The number of carbonyl (C=O) groups is 2. The second kappa shape index (κ2) is 6.87. The van der Waals surface area contributed by atoms with Crippen LogP contribution in [-0.2, 0) is 11.8 Å². The molecule has 0 fully saturated rings. The molecule has 0 aliphatic carbocycles. The number of hydrogen-bond acceptors (Lipinski definition) is 5. The van der Waals surface area contributed by atoms with Crippen LogP contribution in [-0.4, -0.2) is 33.5 Å². The highest BCUT2D eigenvalue weighted by Crippen LogP contribution is 2.20. The van der Waals surface area contributed by atoms with Crippen LogP contribution in [0.15, 0.2) is 23.7 Å². The largest absolute Gasteiger partial charge is 0.476 e. The number of amides is 1. The van der Waals surface area contributed by atoms with Crippen molar-refractivity contribution in [2.24, 2.45) is 0 Å². The number of carbonyl (C=O) groups excluding carboxylic acids is 1. The van der Waals surface area contributed by atoms with Crippen molar-refractivity contribution in [2.45, 2.75) is 32.6 Å². The number of carboxylic acids is 1. The standard InChI is InChI=1S/C16H19N3O3S/c1-16(2,3)10-4-5-11(18-8-10)14(20)17-7-6-13-19-12(9-23-13)15(21)22/h4-5,8-9H,6-7H2,1-3H3,(H,17,20)(H,21,22). The Morgan fingerprint density at radius 3 is 2.52 bits per heavy atom. The summed E-state index contributed by atoms with van der Waals surface area (Å²) in [5.74, 6) is -1.29. The van der Waals surface area contributed by atoms with Gasteiger partial charge in [0.25, 0.3) is 5.91 Å². The summed E-state index contributed by atoms with van der Waals surface area (Å²) in [4.78, 5) is 30.9. The molecule has 0 saturated heterocycles. The molecule has 7 heteroatoms. The average Bonchev–Trinajstić information content (AvgIpc) is 2.95. The van der Waals surface area contributed by atoms with Crippen molar-refractivity contribution in [3.05, 3.63) is 45.7 Å². The zero-order valence-electron chi connectivity index (χ0n) is 13.3. The molecule has 0 bridgehead atoms. The maximum absolute atomic E-state index is 12.0. The van der Waals surface area contributed by atoms with Gasteiger partial charge in [0.05, 0.1) is 5.01 Å². The van der Waals surface area contributed by atoms with Crippen molar-refractivity contribution in [1.82, 2.24) is 15.3 Å². The lowest BCUT2D eigenvalue weighted by Gasteiger charge is -2.18. The third-order valence-electron chi connectivity index (χ3n) is 3.26. The molecule has 23 heavy (non-hydrogen) atoms. The van der Waals surface area contributed by atoms with E-state index in [1.807, 2.05) is 6.07 Å². The highest BCUT2D eigenvalue weighted by atomic mass is 32.1. The van der Waals surface area contributed by atoms with Gasteiger partial charge in [0.15, 0.2) is 5.69 Å². The zero-order valence-corrected chi connectivity index (χ0v) is 14.1. The van der Waals surface area contributed by atoms with E-state index in [1.54, 1.807) is 12.3 Å². The quantitative estimate of drug-likeness (QED) is 0.877. The molecule has 0 aliphatic heterocycles. The van der Waals surface area contributed by atoms with E-state index in [-0.39, 0.29) is 17.0 Å². The molecule has 6 nitrogen and oxygen atoms in total. The predicted octanol–water partition coefficient (Wildman–Crippen LogP) is 2.51. The first-order valence-corrected chi connectivity index (χ1v) is 8.08. The van der Waals surface area contributed by atoms with Crippen molar-refractivity contribution in [2.75, 3.05) is 6.54 Å². The van der Waals surface area contributed by atoms with Gasteiger partial charge in [-0.15, -0.1) is 11.3 Å². The van der Waals surface area contributed by atoms with Crippen LogP contribution in [0.1, 0.15) is 52.3 Å². The SMILES string of the molecule is CC(C)(C)c1ccc(C(=O)NCCc2nc(C(=O)O)cs2)nc1. The normalized spacial score (nSPS) is 11.3. The van der Waals surface area contributed by atoms with Gasteiger partial charge in [0.1, 0.15) is 5.69 Å². The van der Waals surface area contributed by atoms with Gasteiger partial charge in [-0.2, -0.15) is 0 Å². The third kappa shape index (κ3) is 4.59. The monoisotopic (exact) mass is 333 g/mol. The first kappa shape index (κ1) is 17.1. The number of carboxylic acid groups (broad SMARTS) is 1. The topological polar surface area (TPSA) is 92.2 Å². The van der Waals surface area contributed by atoms with Crippen LogP contribution >= 0.6 is 11.3 Å². The lowest BCUT2D eigenvalue weighted by atomic mass is 9.88. The van der Waals surface area contributed by atoms with Gasteiger partial charge in [0.2, 0.25) is 0 Å². The minimum absolute atomic E-state index is 0.00526. The maximum Gasteiger partial charge on any atom is 0.355 e. The molecule has 0 spiro atoms. The summed E-state index contributed by atoms with van der Waals surface area (Å²) in [5.41, 5.74) is 1.46. The summed E-state index contributed by atoms with van der Waals surface area (Å²) in [6.45, 7) is 6.64. The Labute approximate surface area is 138 Å². The van der Waals surface area contributed by atoms with E-state index in [4.69, 9.17) is 5.11 Å². The predicted molar refractivity (Wildman–Crippen MR) is 88.0 cm³/mol. The number of aromatic nitrogens is 2. The molecule has 0 unspecified atom stereocenters. The number of aromatic carboxylic acids is 1. The highest BCUT2D eigenvalue weighted by Gasteiger charge is 2.15. The van der Waals surface area contributed by atoms with Crippen molar-refractivity contribution in [3.63, 3.8) is 0 Å². The third-order valence-corrected chi connectivity index (χ3v) is 4.17. The summed E-state index contributed by atoms with van der Waals surface area (Å²) in [6, 6.07) is 3.61. The molecule has 2 aromatic rings. The molecule has 2 N–H and O–H groups in total. The molecule has 0 saturated carbocycles. The van der Waals surface area contributed by atoms with Crippen molar-refractivity contribution < 1.29 is 14.7 Å². The molecule has 2 aromatic heterocycles. The molecule has 2 rings (SSSR count). The second-order valence-corrected chi connectivity index (χ2v) is 7.06. The summed E-state index contributed by atoms with van der Waals surface area (Å²) in [6.07, 6.45) is 2.21. The minimum atomic E-state index is -1.04. The van der Waals surface area contributed by atoms with E-state index >= 15 is 0 Å². The molecule has 0 aromatic carbocycles. The van der Waals surface area contributed by atoms with E-state index in [1.165, 1.54) is 16.7 Å². The first-order chi connectivity index (χ1) is 10.8. The number of thiazole rings is 1. The Hall–Kier alpha value is -2.28. The number of hydrogen-bond donors (Lipinski definition) is 2. The molecule has 1 amide bonds. The van der Waals surface area contributed by atoms with E-state index < -0.39 is 5.97 Å². The maximum atomic E-state index is 12.0. The van der Waals surface area contributed by atoms with Crippen molar-refractivity contribution >= 4 is 23.2 Å². The number of rotatable bonds is 5. The van der Waals surface area contributed by atoms with Crippen LogP contribution < -0.4 is 5.32 Å². The van der Waals surface area contributed by atoms with E-state index in [9.17, 15) is 9.59 Å². The molecular formula is C16H19N3O3S. The fourth-order valence-electron chi connectivity index (χ4n) is 1.87. The van der Waals surface area contributed by atoms with E-state index in [2.05, 4.69) is 36.1 Å². The Balaban J connectivity index is 1.88. The molecule has 2 heterocycles. The smallest absolute Gasteiger partial charge is 0.355 e. The number of pyridine rings is 1. The average molecular weight is 333 g/mol. The first-order valence-electron chi connectivity index (χ1n) is 7.20. The van der Waals surface area contributed by atoms with Gasteiger partial charge in [0, 0.05) is 24.5 Å². The fourth-order valence-corrected chi connectivity index (χ4v) is 2.64. The Morgan fingerprint density at radius 2 is 2.00 bits per heavy atom. The minimum Gasteiger partial charge on any atom is -0.476 e. The van der Waals surface area contributed by atoms with Crippen molar-refractivity contribution in [1.29, 1.82) is 0 Å². The van der Waals surface area contributed by atoms with E-state index in [0.717, 1.165) is 5.56 Å². The Kier molecular flexibility index (Phi) is 5.10. The fraction of sp³-hybridized carbons (Fsp3) is 0.375. The van der Waals surface area contributed by atoms with Crippen LogP contribution in [0, 0.1) is 0 Å². The van der Waals surface area contributed by atoms with Gasteiger partial charge in [-0.1, -0.05) is 26.8 Å². The summed E-state index contributed by atoms with van der Waals surface area (Å²) in [7, 11) is 0. The highest BCUT2D eigenvalue weighted by molar-refractivity contribution is 7.09. The lowest BCUT2D eigenvalue weighted by Crippen LogP contribution is -2.26. The van der Waals surface area contributed by atoms with Crippen LogP contribution in [0.3, 0.4) is 0 Å². The van der Waals surface area contributed by atoms with Crippen LogP contribution in [0.5, 0.6) is 0 Å². The zero-order chi connectivity index (χ0) is 17.0. The van der Waals surface area contributed by atoms with Crippen LogP contribution in [0.4, 0.5) is 0 Å². The van der Waals surface area contributed by atoms with Gasteiger partial charge in [-0.25, -0.2) is 9.78 Å². The number of nitrogens with one attached hydrogen (secondary N) is 1. The van der Waals surface area contributed by atoms with E-state index in [0.29, 0.717) is 23.7 Å². The van der Waals surface area contributed by atoms with Gasteiger partial charge in [-0.05, 0) is 17.0 Å². The van der Waals surface area contributed by atoms with Gasteiger partial charge in [-0.3, -0.25) is 9.78 Å². The molecule has 0 radical (unpaired) electrons. The summed E-state index contributed by atoms with van der Waals surface area (Å²) < 4.78 is 0. The van der Waals surface area contributed by atoms with Crippen molar-refractivity contribution in [3.8, 4) is 0 Å². The van der Waals surface area contributed by atoms with Gasteiger partial charge >= 0.3 is 5.97 Å². The summed E-state index contributed by atoms with van der Waals surface area (Å²) in [5, 5.41) is 13.7.